The zero-order valence-corrected chi connectivity index (χ0v) is 18.1. The van der Waals surface area contributed by atoms with Gasteiger partial charge in [0.1, 0.15) is 5.75 Å². The minimum atomic E-state index is -3.49. The number of sulfonamides is 1. The molecule has 2 aromatic rings. The first-order valence-electron chi connectivity index (χ1n) is 9.89. The summed E-state index contributed by atoms with van der Waals surface area (Å²) in [5.41, 5.74) is 4.57. The summed E-state index contributed by atoms with van der Waals surface area (Å²) in [7, 11) is -3.49. The largest absolute Gasteiger partial charge is 0.493 e. The normalized spacial score (nSPS) is 15.6. The van der Waals surface area contributed by atoms with Crippen LogP contribution < -0.4 is 9.64 Å². The second kappa shape index (κ2) is 8.53. The third-order valence-corrected chi connectivity index (χ3v) is 7.30. The van der Waals surface area contributed by atoms with Gasteiger partial charge in [0.2, 0.25) is 10.0 Å². The number of benzene rings is 2. The summed E-state index contributed by atoms with van der Waals surface area (Å²) < 4.78 is 33.5. The maximum Gasteiger partial charge on any atom is 0.243 e. The first kappa shape index (κ1) is 20.7. The minimum absolute atomic E-state index is 0.342. The Kier molecular flexibility index (Phi) is 6.30. The van der Waals surface area contributed by atoms with Gasteiger partial charge in [0, 0.05) is 31.9 Å². The Hall–Kier alpha value is -2.05. The van der Waals surface area contributed by atoms with Crippen molar-refractivity contribution in [1.29, 1.82) is 0 Å². The Morgan fingerprint density at radius 3 is 2.32 bits per heavy atom. The van der Waals surface area contributed by atoms with Crippen LogP contribution in [0.1, 0.15) is 30.0 Å². The summed E-state index contributed by atoms with van der Waals surface area (Å²) >= 11 is 0. The summed E-state index contributed by atoms with van der Waals surface area (Å²) in [6, 6.07) is 11.4. The lowest BCUT2D eigenvalue weighted by Crippen LogP contribution is -2.48. The Morgan fingerprint density at radius 1 is 0.964 bits per heavy atom. The number of aryl methyl sites for hydroxylation is 2. The summed E-state index contributed by atoms with van der Waals surface area (Å²) in [4.78, 5) is 2.62. The molecule has 28 heavy (non-hydrogen) atoms. The molecule has 0 amide bonds. The van der Waals surface area contributed by atoms with Crippen LogP contribution in [0.4, 0.5) is 5.69 Å². The van der Waals surface area contributed by atoms with Crippen LogP contribution in [0.2, 0.25) is 0 Å². The van der Waals surface area contributed by atoms with Crippen molar-refractivity contribution in [3.05, 3.63) is 53.1 Å². The smallest absolute Gasteiger partial charge is 0.243 e. The fourth-order valence-electron chi connectivity index (χ4n) is 3.55. The predicted octanol–water partition coefficient (Wildman–Crippen LogP) is 3.91. The van der Waals surface area contributed by atoms with E-state index in [1.807, 2.05) is 13.8 Å². The van der Waals surface area contributed by atoms with Gasteiger partial charge in [-0.1, -0.05) is 19.1 Å². The molecule has 0 N–H and O–H groups in total. The van der Waals surface area contributed by atoms with Crippen molar-refractivity contribution in [2.24, 2.45) is 0 Å². The van der Waals surface area contributed by atoms with Gasteiger partial charge in [0.15, 0.2) is 0 Å². The fourth-order valence-corrected chi connectivity index (χ4v) is 5.06. The van der Waals surface area contributed by atoms with Gasteiger partial charge in [-0.3, -0.25) is 0 Å². The molecule has 2 aromatic carbocycles. The number of hydrogen-bond acceptors (Lipinski definition) is 4. The first-order valence-corrected chi connectivity index (χ1v) is 11.3. The van der Waals surface area contributed by atoms with E-state index in [4.69, 9.17) is 4.74 Å². The standard InChI is InChI=1S/C22H30N2O3S/c1-5-15-27-22-10-9-20(16-18(22)3)28(25,26)24-13-11-23(12-14-24)21-8-6-7-17(2)19(21)4/h6-10,16H,5,11-15H2,1-4H3. The molecular weight excluding hydrogens is 372 g/mol. The van der Waals surface area contributed by atoms with Crippen LogP contribution >= 0.6 is 0 Å². The van der Waals surface area contributed by atoms with E-state index in [1.54, 1.807) is 22.5 Å². The summed E-state index contributed by atoms with van der Waals surface area (Å²) in [6.07, 6.45) is 0.921. The van der Waals surface area contributed by atoms with Gasteiger partial charge in [-0.05, 0) is 68.1 Å². The zero-order chi connectivity index (χ0) is 20.3. The Morgan fingerprint density at radius 2 is 1.68 bits per heavy atom. The summed E-state index contributed by atoms with van der Waals surface area (Å²) in [5, 5.41) is 0. The number of nitrogens with zero attached hydrogens (tertiary/aromatic N) is 2. The lowest BCUT2D eigenvalue weighted by atomic mass is 10.1. The third-order valence-electron chi connectivity index (χ3n) is 5.40. The predicted molar refractivity (Wildman–Crippen MR) is 114 cm³/mol. The molecule has 1 saturated heterocycles. The fraction of sp³-hybridized carbons (Fsp3) is 0.455. The second-order valence-corrected chi connectivity index (χ2v) is 9.32. The molecule has 0 spiro atoms. The molecule has 1 heterocycles. The molecule has 0 saturated carbocycles. The molecule has 0 aromatic heterocycles. The molecule has 0 atom stereocenters. The quantitative estimate of drug-likeness (QED) is 0.735. The molecule has 0 bridgehead atoms. The van der Waals surface area contributed by atoms with Crippen molar-refractivity contribution >= 4 is 15.7 Å². The number of piperazine rings is 1. The molecule has 1 aliphatic heterocycles. The number of hydrogen-bond donors (Lipinski definition) is 0. The van der Waals surface area contributed by atoms with Crippen LogP contribution in [0.5, 0.6) is 5.75 Å². The van der Waals surface area contributed by atoms with E-state index >= 15 is 0 Å². The van der Waals surface area contributed by atoms with Crippen molar-refractivity contribution in [2.75, 3.05) is 37.7 Å². The molecule has 1 fully saturated rings. The molecule has 1 aliphatic rings. The van der Waals surface area contributed by atoms with E-state index in [2.05, 4.69) is 36.9 Å². The van der Waals surface area contributed by atoms with Crippen molar-refractivity contribution in [2.45, 2.75) is 39.0 Å². The number of anilines is 1. The Labute approximate surface area is 169 Å². The average molecular weight is 403 g/mol. The van der Waals surface area contributed by atoms with Crippen molar-refractivity contribution in [3.8, 4) is 5.75 Å². The average Bonchev–Trinajstić information content (AvgIpc) is 2.69. The minimum Gasteiger partial charge on any atom is -0.493 e. The monoisotopic (exact) mass is 402 g/mol. The van der Waals surface area contributed by atoms with Gasteiger partial charge >= 0.3 is 0 Å². The molecule has 5 nitrogen and oxygen atoms in total. The Bertz CT molecular complexity index is 933. The summed E-state index contributed by atoms with van der Waals surface area (Å²) in [6.45, 7) is 11.2. The van der Waals surface area contributed by atoms with E-state index in [9.17, 15) is 8.42 Å². The van der Waals surface area contributed by atoms with E-state index in [-0.39, 0.29) is 0 Å². The molecular formula is C22H30N2O3S. The number of ether oxygens (including phenoxy) is 1. The zero-order valence-electron chi connectivity index (χ0n) is 17.2. The van der Waals surface area contributed by atoms with Gasteiger partial charge in [0.25, 0.3) is 0 Å². The highest BCUT2D eigenvalue weighted by molar-refractivity contribution is 7.89. The van der Waals surface area contributed by atoms with Gasteiger partial charge in [-0.25, -0.2) is 8.42 Å². The van der Waals surface area contributed by atoms with Crippen LogP contribution in [-0.4, -0.2) is 45.5 Å². The van der Waals surface area contributed by atoms with E-state index < -0.39 is 10.0 Å². The van der Waals surface area contributed by atoms with Gasteiger partial charge in [0.05, 0.1) is 11.5 Å². The SMILES string of the molecule is CCCOc1ccc(S(=O)(=O)N2CCN(c3cccc(C)c3C)CC2)cc1C. The highest BCUT2D eigenvalue weighted by atomic mass is 32.2. The first-order chi connectivity index (χ1) is 13.3. The Balaban J connectivity index is 1.72. The van der Waals surface area contributed by atoms with Crippen LogP contribution in [0, 0.1) is 20.8 Å². The van der Waals surface area contributed by atoms with Crippen LogP contribution in [0.15, 0.2) is 41.3 Å². The molecule has 152 valence electrons. The highest BCUT2D eigenvalue weighted by Gasteiger charge is 2.29. The van der Waals surface area contributed by atoms with Gasteiger partial charge in [-0.2, -0.15) is 4.31 Å². The van der Waals surface area contributed by atoms with Gasteiger partial charge in [-0.15, -0.1) is 0 Å². The molecule has 0 radical (unpaired) electrons. The van der Waals surface area contributed by atoms with Crippen molar-refractivity contribution in [3.63, 3.8) is 0 Å². The maximum absolute atomic E-state index is 13.1. The highest BCUT2D eigenvalue weighted by Crippen LogP contribution is 2.27. The van der Waals surface area contributed by atoms with Gasteiger partial charge < -0.3 is 9.64 Å². The number of rotatable bonds is 6. The molecule has 0 unspecified atom stereocenters. The van der Waals surface area contributed by atoms with E-state index in [0.717, 1.165) is 17.7 Å². The second-order valence-electron chi connectivity index (χ2n) is 7.39. The lowest BCUT2D eigenvalue weighted by Gasteiger charge is -2.36. The van der Waals surface area contributed by atoms with Crippen molar-refractivity contribution < 1.29 is 13.2 Å². The van der Waals surface area contributed by atoms with Crippen molar-refractivity contribution in [1.82, 2.24) is 4.31 Å². The molecule has 0 aliphatic carbocycles. The molecule has 6 heteroatoms. The van der Waals surface area contributed by atoms with Crippen LogP contribution in [0.3, 0.4) is 0 Å². The maximum atomic E-state index is 13.1. The third kappa shape index (κ3) is 4.18. The van der Waals surface area contributed by atoms with E-state index in [1.165, 1.54) is 16.8 Å². The van der Waals surface area contributed by atoms with Crippen LogP contribution in [0.25, 0.3) is 0 Å². The van der Waals surface area contributed by atoms with Crippen LogP contribution in [-0.2, 0) is 10.0 Å². The topological polar surface area (TPSA) is 49.9 Å². The van der Waals surface area contributed by atoms with E-state index in [0.29, 0.717) is 37.7 Å². The molecule has 3 rings (SSSR count). The summed E-state index contributed by atoms with van der Waals surface area (Å²) in [5.74, 6) is 0.751. The lowest BCUT2D eigenvalue weighted by molar-refractivity contribution is 0.315.